The van der Waals surface area contributed by atoms with Crippen molar-refractivity contribution in [3.63, 3.8) is 0 Å². The molecule has 0 unspecified atom stereocenters. The van der Waals surface area contributed by atoms with Crippen LogP contribution in [0.3, 0.4) is 0 Å². The third-order valence-electron chi connectivity index (χ3n) is 3.64. The predicted octanol–water partition coefficient (Wildman–Crippen LogP) is 4.75. The van der Waals surface area contributed by atoms with E-state index in [-0.39, 0.29) is 0 Å². The molecule has 0 amide bonds. The number of anilines is 1. The molecule has 0 fully saturated rings. The van der Waals surface area contributed by atoms with E-state index in [4.69, 9.17) is 11.6 Å². The summed E-state index contributed by atoms with van der Waals surface area (Å²) in [5.74, 6) is 0. The molecule has 3 heteroatoms. The zero-order chi connectivity index (χ0) is 14.1. The Hall–Kier alpha value is -1.93. The summed E-state index contributed by atoms with van der Waals surface area (Å²) >= 11 is 5.98. The first kappa shape index (κ1) is 13.1. The first-order valence-electron chi connectivity index (χ1n) is 6.68. The van der Waals surface area contributed by atoms with Crippen LogP contribution < -0.4 is 5.32 Å². The lowest BCUT2D eigenvalue weighted by atomic mass is 10.1. The minimum atomic E-state index is 0.776. The van der Waals surface area contributed by atoms with Gasteiger partial charge in [-0.1, -0.05) is 29.8 Å². The van der Waals surface area contributed by atoms with Crippen molar-refractivity contribution in [1.29, 1.82) is 0 Å². The number of hydrogen-bond acceptors (Lipinski definition) is 1. The smallest absolute Gasteiger partial charge is 0.0481 e. The molecule has 1 heterocycles. The SMILES string of the molecule is Cc1cc(Cl)ccc1NCc1cn(C)c2ccccc12. The highest BCUT2D eigenvalue weighted by molar-refractivity contribution is 6.30. The van der Waals surface area contributed by atoms with E-state index in [2.05, 4.69) is 54.3 Å². The number of fused-ring (bicyclic) bond motifs is 1. The minimum Gasteiger partial charge on any atom is -0.381 e. The van der Waals surface area contributed by atoms with E-state index in [1.165, 1.54) is 16.5 Å². The van der Waals surface area contributed by atoms with Crippen molar-refractivity contribution in [3.8, 4) is 0 Å². The molecule has 0 radical (unpaired) electrons. The number of hydrogen-bond donors (Lipinski definition) is 1. The quantitative estimate of drug-likeness (QED) is 0.734. The zero-order valence-electron chi connectivity index (χ0n) is 11.7. The Morgan fingerprint density at radius 2 is 1.95 bits per heavy atom. The fourth-order valence-corrected chi connectivity index (χ4v) is 2.81. The minimum absolute atomic E-state index is 0.776. The second-order valence-electron chi connectivity index (χ2n) is 5.10. The average molecular weight is 285 g/mol. The van der Waals surface area contributed by atoms with Crippen molar-refractivity contribution in [2.24, 2.45) is 7.05 Å². The monoisotopic (exact) mass is 284 g/mol. The van der Waals surface area contributed by atoms with E-state index < -0.39 is 0 Å². The molecule has 20 heavy (non-hydrogen) atoms. The molecule has 0 atom stereocenters. The van der Waals surface area contributed by atoms with Gasteiger partial charge in [0.25, 0.3) is 0 Å². The maximum Gasteiger partial charge on any atom is 0.0481 e. The highest BCUT2D eigenvalue weighted by Crippen LogP contribution is 2.23. The number of nitrogens with zero attached hydrogens (tertiary/aromatic N) is 1. The van der Waals surface area contributed by atoms with Gasteiger partial charge >= 0.3 is 0 Å². The maximum atomic E-state index is 5.98. The molecule has 3 rings (SSSR count). The maximum absolute atomic E-state index is 5.98. The highest BCUT2D eigenvalue weighted by atomic mass is 35.5. The Labute approximate surface area is 124 Å². The van der Waals surface area contributed by atoms with Crippen LogP contribution in [0, 0.1) is 6.92 Å². The summed E-state index contributed by atoms with van der Waals surface area (Å²) in [5, 5.41) is 5.57. The lowest BCUT2D eigenvalue weighted by Crippen LogP contribution is -2.00. The highest BCUT2D eigenvalue weighted by Gasteiger charge is 2.06. The van der Waals surface area contributed by atoms with Crippen molar-refractivity contribution < 1.29 is 0 Å². The molecule has 0 bridgehead atoms. The number of aromatic nitrogens is 1. The lowest BCUT2D eigenvalue weighted by Gasteiger charge is -2.09. The molecular weight excluding hydrogens is 268 g/mol. The van der Waals surface area contributed by atoms with Crippen LogP contribution in [0.25, 0.3) is 10.9 Å². The van der Waals surface area contributed by atoms with Crippen molar-refractivity contribution in [3.05, 3.63) is 64.8 Å². The Bertz CT molecular complexity index is 759. The van der Waals surface area contributed by atoms with Crippen molar-refractivity contribution in [2.75, 3.05) is 5.32 Å². The largest absolute Gasteiger partial charge is 0.381 e. The molecule has 0 aliphatic rings. The summed E-state index contributed by atoms with van der Waals surface area (Å²) in [5.41, 5.74) is 4.86. The predicted molar refractivity (Wildman–Crippen MR) is 86.4 cm³/mol. The third kappa shape index (κ3) is 2.39. The van der Waals surface area contributed by atoms with E-state index in [0.717, 1.165) is 22.8 Å². The van der Waals surface area contributed by atoms with E-state index >= 15 is 0 Å². The molecule has 0 aliphatic heterocycles. The summed E-state index contributed by atoms with van der Waals surface area (Å²) in [6, 6.07) is 14.4. The summed E-state index contributed by atoms with van der Waals surface area (Å²) in [6.07, 6.45) is 2.18. The van der Waals surface area contributed by atoms with Crippen LogP contribution in [0.1, 0.15) is 11.1 Å². The summed E-state index contributed by atoms with van der Waals surface area (Å²) < 4.78 is 2.17. The molecular formula is C17H17ClN2. The van der Waals surface area contributed by atoms with E-state index in [9.17, 15) is 0 Å². The van der Waals surface area contributed by atoms with Crippen LogP contribution >= 0.6 is 11.6 Å². The van der Waals surface area contributed by atoms with Crippen LogP contribution in [0.5, 0.6) is 0 Å². The standard InChI is InChI=1S/C17H17ClN2/c1-12-9-14(18)7-8-16(12)19-10-13-11-20(2)17-6-4-3-5-15(13)17/h3-9,11,19H,10H2,1-2H3. The molecule has 2 aromatic carbocycles. The molecule has 1 N–H and O–H groups in total. The van der Waals surface area contributed by atoms with Gasteiger partial charge < -0.3 is 9.88 Å². The number of nitrogens with one attached hydrogen (secondary N) is 1. The Balaban J connectivity index is 1.87. The van der Waals surface area contributed by atoms with E-state index in [0.29, 0.717) is 0 Å². The molecule has 0 aliphatic carbocycles. The van der Waals surface area contributed by atoms with Crippen LogP contribution in [-0.2, 0) is 13.6 Å². The van der Waals surface area contributed by atoms with Gasteiger partial charge in [-0.2, -0.15) is 0 Å². The van der Waals surface area contributed by atoms with Crippen LogP contribution in [0.15, 0.2) is 48.7 Å². The normalized spacial score (nSPS) is 10.9. The van der Waals surface area contributed by atoms with Gasteiger partial charge in [0, 0.05) is 41.4 Å². The van der Waals surface area contributed by atoms with Gasteiger partial charge in [0.05, 0.1) is 0 Å². The third-order valence-corrected chi connectivity index (χ3v) is 3.87. The average Bonchev–Trinajstić information content (AvgIpc) is 2.75. The molecule has 0 saturated heterocycles. The zero-order valence-corrected chi connectivity index (χ0v) is 12.4. The number of para-hydroxylation sites is 1. The van der Waals surface area contributed by atoms with Gasteiger partial charge in [-0.3, -0.25) is 0 Å². The lowest BCUT2D eigenvalue weighted by molar-refractivity contribution is 0.955. The van der Waals surface area contributed by atoms with Gasteiger partial charge in [-0.15, -0.1) is 0 Å². The Morgan fingerprint density at radius 3 is 2.75 bits per heavy atom. The summed E-state index contributed by atoms with van der Waals surface area (Å²) in [4.78, 5) is 0. The Morgan fingerprint density at radius 1 is 1.15 bits per heavy atom. The van der Waals surface area contributed by atoms with Gasteiger partial charge in [-0.25, -0.2) is 0 Å². The summed E-state index contributed by atoms with van der Waals surface area (Å²) in [6.45, 7) is 2.88. The molecule has 0 saturated carbocycles. The van der Waals surface area contributed by atoms with Crippen LogP contribution in [0.2, 0.25) is 5.02 Å². The number of halogens is 1. The number of benzene rings is 2. The number of rotatable bonds is 3. The molecule has 2 nitrogen and oxygen atoms in total. The van der Waals surface area contributed by atoms with Crippen molar-refractivity contribution >= 4 is 28.2 Å². The molecule has 1 aromatic heterocycles. The number of aryl methyl sites for hydroxylation is 2. The fourth-order valence-electron chi connectivity index (χ4n) is 2.58. The van der Waals surface area contributed by atoms with Crippen LogP contribution in [-0.4, -0.2) is 4.57 Å². The second-order valence-corrected chi connectivity index (χ2v) is 5.53. The molecule has 0 spiro atoms. The fraction of sp³-hybridized carbons (Fsp3) is 0.176. The first-order valence-corrected chi connectivity index (χ1v) is 7.06. The first-order chi connectivity index (χ1) is 9.65. The van der Waals surface area contributed by atoms with Gasteiger partial charge in [0.15, 0.2) is 0 Å². The second kappa shape index (κ2) is 5.22. The van der Waals surface area contributed by atoms with Gasteiger partial charge in [0.2, 0.25) is 0 Å². The summed E-state index contributed by atoms with van der Waals surface area (Å²) in [7, 11) is 2.08. The van der Waals surface area contributed by atoms with Crippen molar-refractivity contribution in [1.82, 2.24) is 4.57 Å². The topological polar surface area (TPSA) is 17.0 Å². The van der Waals surface area contributed by atoms with Gasteiger partial charge in [-0.05, 0) is 42.3 Å². The van der Waals surface area contributed by atoms with Crippen LogP contribution in [0.4, 0.5) is 5.69 Å². The van der Waals surface area contributed by atoms with E-state index in [1.807, 2.05) is 18.2 Å². The van der Waals surface area contributed by atoms with Gasteiger partial charge in [0.1, 0.15) is 0 Å². The molecule has 3 aromatic rings. The molecule has 102 valence electrons. The Kier molecular flexibility index (Phi) is 3.41. The van der Waals surface area contributed by atoms with Crippen molar-refractivity contribution in [2.45, 2.75) is 13.5 Å². The van der Waals surface area contributed by atoms with E-state index in [1.54, 1.807) is 0 Å².